The van der Waals surface area contributed by atoms with Crippen LogP contribution in [0.4, 0.5) is 0 Å². The van der Waals surface area contributed by atoms with Crippen molar-refractivity contribution in [3.05, 3.63) is 21.4 Å². The molecule has 3 heterocycles. The van der Waals surface area contributed by atoms with E-state index in [4.69, 9.17) is 9.47 Å². The molecule has 4 rings (SSSR count). The summed E-state index contributed by atoms with van der Waals surface area (Å²) in [4.78, 5) is 17.3. The summed E-state index contributed by atoms with van der Waals surface area (Å²) in [5.74, 6) is 0.541. The SMILES string of the molecule is O=C(c1cc2c(s1)CCCCC2)N1CCCC(C2OCCO2)C1. The third-order valence-corrected chi connectivity index (χ3v) is 6.46. The van der Waals surface area contributed by atoms with Gasteiger partial charge in [0.25, 0.3) is 5.91 Å². The number of likely N-dealkylation sites (tertiary alicyclic amines) is 1. The van der Waals surface area contributed by atoms with Crippen LogP contribution >= 0.6 is 11.3 Å². The fourth-order valence-electron chi connectivity index (χ4n) is 3.99. The molecule has 2 saturated heterocycles. The van der Waals surface area contributed by atoms with Crippen molar-refractivity contribution in [2.24, 2.45) is 5.92 Å². The zero-order valence-corrected chi connectivity index (χ0v) is 14.4. The Bertz CT molecular complexity index is 541. The van der Waals surface area contributed by atoms with E-state index >= 15 is 0 Å². The number of hydrogen-bond donors (Lipinski definition) is 0. The summed E-state index contributed by atoms with van der Waals surface area (Å²) in [6.45, 7) is 3.01. The van der Waals surface area contributed by atoms with Crippen LogP contribution in [0.5, 0.6) is 0 Å². The Morgan fingerprint density at radius 3 is 2.83 bits per heavy atom. The number of piperidine rings is 1. The predicted octanol–water partition coefficient (Wildman–Crippen LogP) is 3.24. The van der Waals surface area contributed by atoms with E-state index in [1.165, 1.54) is 29.7 Å². The van der Waals surface area contributed by atoms with Gasteiger partial charge in [-0.15, -0.1) is 11.3 Å². The molecule has 2 aliphatic heterocycles. The lowest BCUT2D eigenvalue weighted by molar-refractivity contribution is -0.0969. The van der Waals surface area contributed by atoms with E-state index in [-0.39, 0.29) is 12.2 Å². The smallest absolute Gasteiger partial charge is 0.263 e. The van der Waals surface area contributed by atoms with Gasteiger partial charge in [0.15, 0.2) is 6.29 Å². The number of fused-ring (bicyclic) bond motifs is 1. The predicted molar refractivity (Wildman–Crippen MR) is 89.9 cm³/mol. The summed E-state index contributed by atoms with van der Waals surface area (Å²) in [7, 11) is 0. The van der Waals surface area contributed by atoms with Crippen LogP contribution < -0.4 is 0 Å². The third-order valence-electron chi connectivity index (χ3n) is 5.23. The molecule has 1 aromatic rings. The molecule has 1 atom stereocenters. The van der Waals surface area contributed by atoms with Gasteiger partial charge in [0.05, 0.1) is 18.1 Å². The van der Waals surface area contributed by atoms with Gasteiger partial charge in [0.1, 0.15) is 0 Å². The van der Waals surface area contributed by atoms with E-state index in [9.17, 15) is 4.79 Å². The lowest BCUT2D eigenvalue weighted by atomic mass is 9.97. The van der Waals surface area contributed by atoms with Crippen molar-refractivity contribution >= 4 is 17.2 Å². The van der Waals surface area contributed by atoms with Crippen molar-refractivity contribution < 1.29 is 14.3 Å². The summed E-state index contributed by atoms with van der Waals surface area (Å²) < 4.78 is 11.3. The second-order valence-corrected chi connectivity index (χ2v) is 8.02. The largest absolute Gasteiger partial charge is 0.350 e. The number of carbonyl (C=O) groups excluding carboxylic acids is 1. The van der Waals surface area contributed by atoms with Crippen LogP contribution in [0.25, 0.3) is 0 Å². The standard InChI is InChI=1S/C18H25NO3S/c20-17(16-11-13-5-2-1-3-7-15(13)23-16)19-8-4-6-14(12-19)18-21-9-10-22-18/h11,14,18H,1-10,12H2. The molecule has 1 amide bonds. The average Bonchev–Trinajstić information content (AvgIpc) is 3.21. The van der Waals surface area contributed by atoms with Crippen molar-refractivity contribution in [3.63, 3.8) is 0 Å². The van der Waals surface area contributed by atoms with Crippen molar-refractivity contribution in [3.8, 4) is 0 Å². The maximum Gasteiger partial charge on any atom is 0.263 e. The van der Waals surface area contributed by atoms with E-state index in [1.807, 2.05) is 4.90 Å². The number of thiophene rings is 1. The highest BCUT2D eigenvalue weighted by molar-refractivity contribution is 7.14. The minimum atomic E-state index is -0.106. The average molecular weight is 335 g/mol. The van der Waals surface area contributed by atoms with Crippen LogP contribution in [0.15, 0.2) is 6.07 Å². The van der Waals surface area contributed by atoms with Crippen LogP contribution in [0, 0.1) is 5.92 Å². The van der Waals surface area contributed by atoms with E-state index in [0.29, 0.717) is 19.1 Å². The van der Waals surface area contributed by atoms with Gasteiger partial charge in [0, 0.05) is 23.9 Å². The van der Waals surface area contributed by atoms with Gasteiger partial charge in [-0.2, -0.15) is 0 Å². The molecule has 0 aromatic carbocycles. The van der Waals surface area contributed by atoms with E-state index < -0.39 is 0 Å². The highest BCUT2D eigenvalue weighted by Gasteiger charge is 2.33. The minimum absolute atomic E-state index is 0.106. The molecule has 3 aliphatic rings. The summed E-state index contributed by atoms with van der Waals surface area (Å²) in [6, 6.07) is 2.17. The first kappa shape index (κ1) is 15.6. The number of rotatable bonds is 2. The number of amides is 1. The number of ether oxygens (including phenoxy) is 2. The topological polar surface area (TPSA) is 38.8 Å². The first-order valence-corrected chi connectivity index (χ1v) is 9.77. The zero-order chi connectivity index (χ0) is 15.6. The Morgan fingerprint density at radius 1 is 1.13 bits per heavy atom. The molecule has 0 saturated carbocycles. The van der Waals surface area contributed by atoms with Gasteiger partial charge < -0.3 is 14.4 Å². The Morgan fingerprint density at radius 2 is 1.96 bits per heavy atom. The molecule has 0 radical (unpaired) electrons. The van der Waals surface area contributed by atoms with Gasteiger partial charge in [-0.25, -0.2) is 0 Å². The fraction of sp³-hybridized carbons (Fsp3) is 0.722. The molecule has 5 heteroatoms. The first-order valence-electron chi connectivity index (χ1n) is 8.95. The maximum atomic E-state index is 12.9. The second kappa shape index (κ2) is 6.91. The molecule has 1 aliphatic carbocycles. The number of carbonyl (C=O) groups is 1. The number of aryl methyl sites for hydroxylation is 2. The second-order valence-electron chi connectivity index (χ2n) is 6.88. The lowest BCUT2D eigenvalue weighted by Gasteiger charge is -2.34. The normalized spacial score (nSPS) is 26.1. The van der Waals surface area contributed by atoms with Gasteiger partial charge in [-0.1, -0.05) is 6.42 Å². The van der Waals surface area contributed by atoms with Gasteiger partial charge in [-0.05, 0) is 50.2 Å². The monoisotopic (exact) mass is 335 g/mol. The minimum Gasteiger partial charge on any atom is -0.350 e. The summed E-state index contributed by atoms with van der Waals surface area (Å²) in [5.41, 5.74) is 1.42. The third kappa shape index (κ3) is 3.32. The van der Waals surface area contributed by atoms with Crippen molar-refractivity contribution in [1.82, 2.24) is 4.90 Å². The molecule has 126 valence electrons. The molecule has 23 heavy (non-hydrogen) atoms. The molecule has 1 unspecified atom stereocenters. The molecule has 0 spiro atoms. The molecular formula is C18H25NO3S. The summed E-state index contributed by atoms with van der Waals surface area (Å²) in [6.07, 6.45) is 8.18. The number of hydrogen-bond acceptors (Lipinski definition) is 4. The van der Waals surface area contributed by atoms with E-state index in [2.05, 4.69) is 6.07 Å². The lowest BCUT2D eigenvalue weighted by Crippen LogP contribution is -2.43. The van der Waals surface area contributed by atoms with E-state index in [1.54, 1.807) is 11.3 Å². The van der Waals surface area contributed by atoms with Crippen LogP contribution in [0.3, 0.4) is 0 Å². The Kier molecular flexibility index (Phi) is 4.69. The molecule has 2 fully saturated rings. The highest BCUT2D eigenvalue weighted by Crippen LogP contribution is 2.31. The van der Waals surface area contributed by atoms with Crippen LogP contribution in [0.2, 0.25) is 0 Å². The van der Waals surface area contributed by atoms with Crippen molar-refractivity contribution in [1.29, 1.82) is 0 Å². The Hall–Kier alpha value is -0.910. The molecule has 4 nitrogen and oxygen atoms in total. The summed E-state index contributed by atoms with van der Waals surface area (Å²) in [5, 5.41) is 0. The molecule has 1 aromatic heterocycles. The van der Waals surface area contributed by atoms with Gasteiger partial charge in [0.2, 0.25) is 0 Å². The van der Waals surface area contributed by atoms with E-state index in [0.717, 1.165) is 43.6 Å². The molecule has 0 N–H and O–H groups in total. The highest BCUT2D eigenvalue weighted by atomic mass is 32.1. The van der Waals surface area contributed by atoms with Gasteiger partial charge >= 0.3 is 0 Å². The van der Waals surface area contributed by atoms with Crippen LogP contribution in [-0.4, -0.2) is 43.4 Å². The zero-order valence-electron chi connectivity index (χ0n) is 13.6. The quantitative estimate of drug-likeness (QED) is 0.779. The molecule has 0 bridgehead atoms. The van der Waals surface area contributed by atoms with Crippen LogP contribution in [-0.2, 0) is 22.3 Å². The van der Waals surface area contributed by atoms with Gasteiger partial charge in [-0.3, -0.25) is 4.79 Å². The number of nitrogens with zero attached hydrogens (tertiary/aromatic N) is 1. The summed E-state index contributed by atoms with van der Waals surface area (Å²) >= 11 is 1.73. The first-order chi connectivity index (χ1) is 11.3. The van der Waals surface area contributed by atoms with Crippen LogP contribution in [0.1, 0.15) is 52.2 Å². The van der Waals surface area contributed by atoms with Crippen molar-refractivity contribution in [2.75, 3.05) is 26.3 Å². The maximum absolute atomic E-state index is 12.9. The Balaban J connectivity index is 1.45. The van der Waals surface area contributed by atoms with Crippen molar-refractivity contribution in [2.45, 2.75) is 51.2 Å². The molecular weight excluding hydrogens is 310 g/mol. The fourth-order valence-corrected chi connectivity index (χ4v) is 5.22. The Labute approximate surface area is 141 Å².